The molecule has 9 heteroatoms. The van der Waals surface area contributed by atoms with E-state index in [2.05, 4.69) is 19.7 Å². The minimum absolute atomic E-state index is 0.0980. The van der Waals surface area contributed by atoms with E-state index in [0.717, 1.165) is 0 Å². The Kier molecular flexibility index (Phi) is 6.37. The van der Waals surface area contributed by atoms with Crippen molar-refractivity contribution in [3.05, 3.63) is 35.8 Å². The van der Waals surface area contributed by atoms with E-state index >= 15 is 0 Å². The van der Waals surface area contributed by atoms with Gasteiger partial charge in [0.25, 0.3) is 0 Å². The molecule has 3 N–H and O–H groups in total. The topological polar surface area (TPSA) is 96.5 Å². The van der Waals surface area contributed by atoms with Gasteiger partial charge in [-0.1, -0.05) is 12.5 Å². The van der Waals surface area contributed by atoms with Crippen LogP contribution in [0, 0.1) is 11.2 Å². The second-order valence-corrected chi connectivity index (χ2v) is 10.2. The Bertz CT molecular complexity index is 1030. The van der Waals surface area contributed by atoms with Crippen molar-refractivity contribution in [1.82, 2.24) is 9.97 Å². The molecule has 0 bridgehead atoms. The number of aliphatic imine (C=N–C) groups is 1. The minimum atomic E-state index is -0.421. The average Bonchev–Trinajstić information content (AvgIpc) is 2.70. The molecule has 1 spiro atoms. The van der Waals surface area contributed by atoms with Gasteiger partial charge in [-0.3, -0.25) is 4.79 Å². The van der Waals surface area contributed by atoms with Gasteiger partial charge in [0.1, 0.15) is 17.2 Å². The lowest BCUT2D eigenvalue weighted by atomic mass is 9.56. The number of benzene rings is 1. The Balaban J connectivity index is 1.50. The quantitative estimate of drug-likeness (QED) is 0.336. The second kappa shape index (κ2) is 9.05. The van der Waals surface area contributed by atoms with Crippen molar-refractivity contribution in [3.63, 3.8) is 0 Å². The number of hydrogen-bond donors (Lipinski definition) is 2. The highest BCUT2D eigenvalue weighted by molar-refractivity contribution is 8.01. The molecule has 170 valence electrons. The Morgan fingerprint density at radius 2 is 2.16 bits per heavy atom. The van der Waals surface area contributed by atoms with E-state index in [0.29, 0.717) is 39.7 Å². The number of aromatic nitrogens is 2. The number of nitrogen functional groups attached to an aromatic ring is 1. The first-order valence-corrected chi connectivity index (χ1v) is 11.8. The summed E-state index contributed by atoms with van der Waals surface area (Å²) in [4.78, 5) is 26.4. The molecule has 1 aromatic carbocycles. The number of carbonyl (C=O) groups excluding carboxylic acids is 1. The van der Waals surface area contributed by atoms with Gasteiger partial charge in [-0.05, 0) is 69.0 Å². The summed E-state index contributed by atoms with van der Waals surface area (Å²) >= 11 is 1.59. The summed E-state index contributed by atoms with van der Waals surface area (Å²) in [7, 11) is 1.86. The summed E-state index contributed by atoms with van der Waals surface area (Å²) in [5.41, 5.74) is 7.62. The maximum atomic E-state index is 14.8. The third kappa shape index (κ3) is 4.57. The molecule has 0 atom stereocenters. The van der Waals surface area contributed by atoms with Crippen molar-refractivity contribution in [2.45, 2.75) is 57.2 Å². The maximum absolute atomic E-state index is 14.8. The van der Waals surface area contributed by atoms with Gasteiger partial charge in [-0.15, -0.1) is 0 Å². The summed E-state index contributed by atoms with van der Waals surface area (Å²) < 4.78 is 17.9. The number of aldehydes is 1. The highest BCUT2D eigenvalue weighted by Crippen LogP contribution is 2.59. The number of carbonyl (C=O) groups is 1. The van der Waals surface area contributed by atoms with Crippen LogP contribution >= 0.6 is 11.9 Å². The van der Waals surface area contributed by atoms with Crippen molar-refractivity contribution < 1.29 is 9.18 Å². The minimum Gasteiger partial charge on any atom is -0.368 e. The predicted octanol–water partition coefficient (Wildman–Crippen LogP) is 4.76. The van der Waals surface area contributed by atoms with E-state index in [1.54, 1.807) is 24.1 Å². The number of nitrogens with zero attached hydrogens (tertiary/aromatic N) is 4. The van der Waals surface area contributed by atoms with Gasteiger partial charge in [0, 0.05) is 23.9 Å². The number of rotatable bonds is 8. The number of hydrogen-bond acceptors (Lipinski definition) is 8. The molecule has 2 fully saturated rings. The van der Waals surface area contributed by atoms with Gasteiger partial charge in [0.15, 0.2) is 12.1 Å². The smallest absolute Gasteiger partial charge is 0.222 e. The molecule has 32 heavy (non-hydrogen) atoms. The fourth-order valence-corrected chi connectivity index (χ4v) is 5.56. The first-order valence-electron chi connectivity index (χ1n) is 10.9. The molecule has 2 saturated carbocycles. The zero-order chi connectivity index (χ0) is 22.9. The molecule has 2 aromatic rings. The van der Waals surface area contributed by atoms with Gasteiger partial charge >= 0.3 is 0 Å². The van der Waals surface area contributed by atoms with Crippen LogP contribution < -0.4 is 15.4 Å². The highest BCUT2D eigenvalue weighted by Gasteiger charge is 2.48. The van der Waals surface area contributed by atoms with Crippen molar-refractivity contribution in [2.75, 3.05) is 22.4 Å². The molecule has 7 nitrogen and oxygen atoms in total. The van der Waals surface area contributed by atoms with E-state index < -0.39 is 5.82 Å². The molecule has 0 amide bonds. The van der Waals surface area contributed by atoms with Gasteiger partial charge in [-0.2, -0.15) is 4.98 Å². The Morgan fingerprint density at radius 3 is 2.75 bits per heavy atom. The SMILES string of the molecule is CC(C)N(C)c1nc(N)ncc1/N=C(\C=O)c1ccc(NSC2CC3(CCC3)C2)c(F)c1. The standard InChI is InChI=1S/C23H29FN6OS/c1-14(2)30(3)21-19(12-26-22(25)28-21)27-20(13-31)15-5-6-18(17(24)9-15)29-32-16-10-23(11-16)7-4-8-23/h5-6,9,12-14,16,29H,4,7-8,10-11H2,1-3H3,(H2,25,26,28)/b27-20+. The molecule has 0 aliphatic heterocycles. The highest BCUT2D eigenvalue weighted by atomic mass is 32.2. The molecule has 1 heterocycles. The predicted molar refractivity (Wildman–Crippen MR) is 129 cm³/mol. The first-order chi connectivity index (χ1) is 15.3. The molecular formula is C23H29FN6OS. The Hall–Kier alpha value is -2.68. The van der Waals surface area contributed by atoms with Gasteiger partial charge in [0.05, 0.1) is 11.9 Å². The molecule has 2 aliphatic carbocycles. The molecular weight excluding hydrogens is 427 g/mol. The number of nitrogens with two attached hydrogens (primary N) is 1. The lowest BCUT2D eigenvalue weighted by molar-refractivity contribution is -0.102. The average molecular weight is 457 g/mol. The monoisotopic (exact) mass is 456 g/mol. The normalized spacial score (nSPS) is 17.7. The van der Waals surface area contributed by atoms with Crippen LogP contribution in [0.1, 0.15) is 51.5 Å². The van der Waals surface area contributed by atoms with Crippen molar-refractivity contribution in [2.24, 2.45) is 10.4 Å². The fourth-order valence-electron chi connectivity index (χ4n) is 4.23. The third-order valence-electron chi connectivity index (χ3n) is 6.57. The van der Waals surface area contributed by atoms with Crippen LogP contribution in [0.5, 0.6) is 0 Å². The van der Waals surface area contributed by atoms with Crippen LogP contribution in [0.3, 0.4) is 0 Å². The van der Waals surface area contributed by atoms with Crippen molar-refractivity contribution in [3.8, 4) is 0 Å². The summed E-state index contributed by atoms with van der Waals surface area (Å²) in [5.74, 6) is 0.204. The zero-order valence-electron chi connectivity index (χ0n) is 18.6. The first kappa shape index (κ1) is 22.5. The van der Waals surface area contributed by atoms with Gasteiger partial charge < -0.3 is 15.4 Å². The second-order valence-electron chi connectivity index (χ2n) is 9.05. The molecule has 0 unspecified atom stereocenters. The van der Waals surface area contributed by atoms with E-state index in [4.69, 9.17) is 5.73 Å². The lowest BCUT2D eigenvalue weighted by Crippen LogP contribution is -2.44. The van der Waals surface area contributed by atoms with E-state index in [1.165, 1.54) is 44.4 Å². The maximum Gasteiger partial charge on any atom is 0.222 e. The van der Waals surface area contributed by atoms with E-state index in [1.807, 2.05) is 25.8 Å². The molecule has 1 aromatic heterocycles. The number of anilines is 3. The summed E-state index contributed by atoms with van der Waals surface area (Å²) in [6, 6.07) is 4.80. The van der Waals surface area contributed by atoms with Gasteiger partial charge in [-0.25, -0.2) is 14.4 Å². The van der Waals surface area contributed by atoms with Crippen LogP contribution in [0.2, 0.25) is 0 Å². The number of nitrogens with one attached hydrogen (secondary N) is 1. The number of halogens is 1. The van der Waals surface area contributed by atoms with Crippen LogP contribution in [-0.4, -0.2) is 40.3 Å². The van der Waals surface area contributed by atoms with Crippen LogP contribution in [0.15, 0.2) is 29.4 Å². The van der Waals surface area contributed by atoms with Gasteiger partial charge in [0.2, 0.25) is 5.95 Å². The van der Waals surface area contributed by atoms with E-state index in [9.17, 15) is 9.18 Å². The largest absolute Gasteiger partial charge is 0.368 e. The van der Waals surface area contributed by atoms with Crippen LogP contribution in [-0.2, 0) is 4.79 Å². The zero-order valence-corrected chi connectivity index (χ0v) is 19.5. The lowest BCUT2D eigenvalue weighted by Gasteiger charge is -2.53. The van der Waals surface area contributed by atoms with Crippen LogP contribution in [0.25, 0.3) is 0 Å². The summed E-state index contributed by atoms with van der Waals surface area (Å²) in [5, 5.41) is 0.531. The molecule has 2 aliphatic rings. The summed E-state index contributed by atoms with van der Waals surface area (Å²) in [6.45, 7) is 4.00. The van der Waals surface area contributed by atoms with E-state index in [-0.39, 0.29) is 17.7 Å². The fraction of sp³-hybridized carbons (Fsp3) is 0.478. The Labute approximate surface area is 192 Å². The van der Waals surface area contributed by atoms with Crippen molar-refractivity contribution in [1.29, 1.82) is 0 Å². The molecule has 4 rings (SSSR count). The summed E-state index contributed by atoms with van der Waals surface area (Å²) in [6.07, 6.45) is 8.53. The molecule has 0 radical (unpaired) electrons. The molecule has 0 saturated heterocycles. The van der Waals surface area contributed by atoms with Crippen molar-refractivity contribution >= 4 is 47.1 Å². The third-order valence-corrected chi connectivity index (χ3v) is 7.57. The Morgan fingerprint density at radius 1 is 1.41 bits per heavy atom. The van der Waals surface area contributed by atoms with Crippen LogP contribution in [0.4, 0.5) is 27.5 Å².